The lowest BCUT2D eigenvalue weighted by Gasteiger charge is -2.24. The Morgan fingerprint density at radius 1 is 0.975 bits per heavy atom. The van der Waals surface area contributed by atoms with Crippen molar-refractivity contribution in [2.24, 2.45) is 0 Å². The third-order valence-corrected chi connectivity index (χ3v) is 9.16. The first-order valence-corrected chi connectivity index (χ1v) is 14.1. The van der Waals surface area contributed by atoms with Crippen LogP contribution in [0.5, 0.6) is 0 Å². The van der Waals surface area contributed by atoms with Crippen LogP contribution in [0.3, 0.4) is 0 Å². The van der Waals surface area contributed by atoms with E-state index in [1.54, 1.807) is 41.3 Å². The highest BCUT2D eigenvalue weighted by Crippen LogP contribution is 2.35. The average molecular weight is 560 g/mol. The number of nitrogens with zero attached hydrogens (tertiary/aromatic N) is 4. The first-order chi connectivity index (χ1) is 19.2. The van der Waals surface area contributed by atoms with E-state index in [4.69, 9.17) is 15.6 Å². The summed E-state index contributed by atoms with van der Waals surface area (Å²) in [6, 6.07) is 19.3. The summed E-state index contributed by atoms with van der Waals surface area (Å²) in [6.07, 6.45) is -1.89. The van der Waals surface area contributed by atoms with Crippen molar-refractivity contribution < 1.29 is 27.9 Å². The highest BCUT2D eigenvalue weighted by Gasteiger charge is 2.39. The summed E-state index contributed by atoms with van der Waals surface area (Å²) in [6.45, 7) is 1.02. The Labute approximate surface area is 229 Å². The Hall–Kier alpha value is -4.55. The normalized spacial score (nSPS) is 17.2. The van der Waals surface area contributed by atoms with Gasteiger partial charge in [-0.1, -0.05) is 48.5 Å². The van der Waals surface area contributed by atoms with Gasteiger partial charge in [-0.3, -0.25) is 4.79 Å². The summed E-state index contributed by atoms with van der Waals surface area (Å²) in [5.41, 5.74) is 9.58. The molecular formula is C28H25N5O6S. The number of carbonyl (C=O) groups excluding carboxylic acids is 1. The van der Waals surface area contributed by atoms with Crippen LogP contribution in [0.2, 0.25) is 0 Å². The number of amides is 1. The minimum absolute atomic E-state index is 0.00512. The van der Waals surface area contributed by atoms with Crippen molar-refractivity contribution in [1.29, 1.82) is 0 Å². The molecule has 3 N–H and O–H groups in total. The summed E-state index contributed by atoms with van der Waals surface area (Å²) in [5.74, 6) is -0.346. The summed E-state index contributed by atoms with van der Waals surface area (Å²) in [7, 11) is -4.12. The van der Waals surface area contributed by atoms with Crippen LogP contribution in [0.4, 0.5) is 10.7 Å². The molecule has 0 bridgehead atoms. The number of hydrogen-bond donors (Lipinski definition) is 2. The predicted octanol–water partition coefficient (Wildman–Crippen LogP) is 3.84. The number of nitrogens with two attached hydrogens (primary N) is 1. The molecule has 1 amide bonds. The van der Waals surface area contributed by atoms with Gasteiger partial charge in [-0.2, -0.15) is 4.31 Å². The molecule has 1 atom stereocenters. The molecular weight excluding hydrogens is 534 g/mol. The van der Waals surface area contributed by atoms with Crippen LogP contribution >= 0.6 is 0 Å². The zero-order chi connectivity index (χ0) is 28.0. The van der Waals surface area contributed by atoms with Gasteiger partial charge in [-0.05, 0) is 41.3 Å². The van der Waals surface area contributed by atoms with Crippen LogP contribution in [0.25, 0.3) is 22.0 Å². The number of carboxylic acid groups (broad SMARTS) is 1. The zero-order valence-electron chi connectivity index (χ0n) is 21.2. The number of aromatic nitrogens is 2. The maximum Gasteiger partial charge on any atom is 0.507 e. The van der Waals surface area contributed by atoms with Crippen molar-refractivity contribution in [3.63, 3.8) is 0 Å². The number of sulfonamides is 1. The molecule has 0 aliphatic carbocycles. The molecule has 6 rings (SSSR count). The van der Waals surface area contributed by atoms with Gasteiger partial charge in [0.05, 0.1) is 10.4 Å². The molecule has 1 aromatic heterocycles. The molecule has 12 heteroatoms. The highest BCUT2D eigenvalue weighted by atomic mass is 32.2. The summed E-state index contributed by atoms with van der Waals surface area (Å²) < 4.78 is 33.4. The van der Waals surface area contributed by atoms with E-state index in [1.165, 1.54) is 6.07 Å². The van der Waals surface area contributed by atoms with E-state index >= 15 is 0 Å². The smallest absolute Gasteiger partial charge is 0.450 e. The fourth-order valence-electron chi connectivity index (χ4n) is 5.38. The number of ether oxygens (including phenoxy) is 1. The summed E-state index contributed by atoms with van der Waals surface area (Å²) in [4.78, 5) is 35.1. The van der Waals surface area contributed by atoms with E-state index in [2.05, 4.69) is 9.97 Å². The van der Waals surface area contributed by atoms with Crippen LogP contribution in [0.1, 0.15) is 34.5 Å². The number of rotatable bonds is 5. The van der Waals surface area contributed by atoms with Gasteiger partial charge in [0.25, 0.3) is 5.91 Å². The van der Waals surface area contributed by atoms with Gasteiger partial charge in [0.2, 0.25) is 16.0 Å². The number of fused-ring (bicyclic) bond motifs is 2. The van der Waals surface area contributed by atoms with Crippen molar-refractivity contribution in [1.82, 2.24) is 19.2 Å². The van der Waals surface area contributed by atoms with Crippen molar-refractivity contribution in [2.45, 2.75) is 37.1 Å². The molecule has 0 radical (unpaired) electrons. The van der Waals surface area contributed by atoms with Gasteiger partial charge in [0.1, 0.15) is 5.69 Å². The maximum atomic E-state index is 13.7. The largest absolute Gasteiger partial charge is 0.507 e. The van der Waals surface area contributed by atoms with Crippen molar-refractivity contribution >= 4 is 38.9 Å². The molecule has 3 aromatic carbocycles. The molecule has 1 fully saturated rings. The zero-order valence-corrected chi connectivity index (χ0v) is 22.0. The minimum atomic E-state index is -4.12. The second-order valence-electron chi connectivity index (χ2n) is 9.68. The molecule has 4 aromatic rings. The molecule has 0 spiro atoms. The average Bonchev–Trinajstić information content (AvgIpc) is 3.59. The van der Waals surface area contributed by atoms with E-state index in [0.29, 0.717) is 41.5 Å². The van der Waals surface area contributed by atoms with Crippen LogP contribution in [-0.4, -0.2) is 57.5 Å². The predicted molar refractivity (Wildman–Crippen MR) is 145 cm³/mol. The lowest BCUT2D eigenvalue weighted by Crippen LogP contribution is -2.38. The highest BCUT2D eigenvalue weighted by molar-refractivity contribution is 7.89. The molecule has 1 saturated heterocycles. The standard InChI is InChI=1S/C28H25N5O6S/c29-27-30-22-12-11-17(14-21(22)25(31-27)26(34)32-15-18-6-1-2-7-19(18)16-32)20-8-3-4-9-23(20)40(37,38)33-13-5-10-24(33)39-28(35)36/h1-4,6-9,11-12,14,24H,5,10,13,15-16H2,(H,35,36)(H2,29,30,31). The lowest BCUT2D eigenvalue weighted by atomic mass is 10.0. The van der Waals surface area contributed by atoms with Crippen molar-refractivity contribution in [3.8, 4) is 11.1 Å². The van der Waals surface area contributed by atoms with E-state index in [9.17, 15) is 18.0 Å². The Morgan fingerprint density at radius 3 is 2.40 bits per heavy atom. The molecule has 204 valence electrons. The van der Waals surface area contributed by atoms with Crippen LogP contribution in [-0.2, 0) is 27.8 Å². The Bertz CT molecular complexity index is 1750. The first-order valence-electron chi connectivity index (χ1n) is 12.7. The molecule has 0 saturated carbocycles. The van der Waals surface area contributed by atoms with Gasteiger partial charge in [-0.25, -0.2) is 23.2 Å². The molecule has 2 aliphatic heterocycles. The van der Waals surface area contributed by atoms with E-state index in [0.717, 1.165) is 15.4 Å². The monoisotopic (exact) mass is 559 g/mol. The minimum Gasteiger partial charge on any atom is -0.450 e. The third kappa shape index (κ3) is 4.50. The van der Waals surface area contributed by atoms with E-state index < -0.39 is 22.4 Å². The van der Waals surface area contributed by atoms with Crippen LogP contribution in [0.15, 0.2) is 71.6 Å². The number of carbonyl (C=O) groups is 2. The lowest BCUT2D eigenvalue weighted by molar-refractivity contribution is 0.0170. The van der Waals surface area contributed by atoms with Crippen molar-refractivity contribution in [3.05, 3.63) is 83.6 Å². The Kier molecular flexibility index (Phi) is 6.35. The SMILES string of the molecule is Nc1nc(C(=O)N2Cc3ccccc3C2)c2cc(-c3ccccc3S(=O)(=O)N3CCCC3OC(=O)O)ccc2n1. The number of benzene rings is 3. The first kappa shape index (κ1) is 25.7. The molecule has 40 heavy (non-hydrogen) atoms. The van der Waals surface area contributed by atoms with Gasteiger partial charge in [-0.15, -0.1) is 0 Å². The molecule has 1 unspecified atom stereocenters. The van der Waals surface area contributed by atoms with Crippen LogP contribution < -0.4 is 5.73 Å². The second-order valence-corrected chi connectivity index (χ2v) is 11.5. The van der Waals surface area contributed by atoms with E-state index in [-0.39, 0.29) is 35.4 Å². The van der Waals surface area contributed by atoms with Gasteiger partial charge in [0, 0.05) is 37.0 Å². The molecule has 2 aliphatic rings. The molecule has 11 nitrogen and oxygen atoms in total. The number of anilines is 1. The molecule has 3 heterocycles. The van der Waals surface area contributed by atoms with Gasteiger partial charge in [0.15, 0.2) is 6.23 Å². The summed E-state index contributed by atoms with van der Waals surface area (Å²) >= 11 is 0. The topological polar surface area (TPSA) is 156 Å². The van der Waals surface area contributed by atoms with Gasteiger partial charge < -0.3 is 20.5 Å². The Morgan fingerprint density at radius 2 is 1.68 bits per heavy atom. The fraction of sp³-hybridized carbons (Fsp3) is 0.214. The van der Waals surface area contributed by atoms with E-state index in [1.807, 2.05) is 24.3 Å². The van der Waals surface area contributed by atoms with Crippen molar-refractivity contribution in [2.75, 3.05) is 12.3 Å². The fourth-order valence-corrected chi connectivity index (χ4v) is 7.17. The number of hydrogen-bond acceptors (Lipinski definition) is 8. The third-order valence-electron chi connectivity index (χ3n) is 7.22. The quantitative estimate of drug-likeness (QED) is 0.347. The Balaban J connectivity index is 1.41. The van der Waals surface area contributed by atoms with Crippen LogP contribution in [0, 0.1) is 0 Å². The second kappa shape index (κ2) is 9.88. The number of nitrogen functional groups attached to an aromatic ring is 1. The summed E-state index contributed by atoms with van der Waals surface area (Å²) in [5, 5.41) is 9.52. The van der Waals surface area contributed by atoms with Gasteiger partial charge >= 0.3 is 6.16 Å². The maximum absolute atomic E-state index is 13.7.